The summed E-state index contributed by atoms with van der Waals surface area (Å²) in [5.41, 5.74) is 3.84. The molecule has 1 aromatic carbocycles. The zero-order chi connectivity index (χ0) is 11.5. The van der Waals surface area contributed by atoms with Gasteiger partial charge in [-0.1, -0.05) is 28.9 Å². The Labute approximate surface area is 104 Å². The predicted octanol–water partition coefficient (Wildman–Crippen LogP) is 3.64. The Bertz CT molecular complexity index is 488. The molecule has 0 fully saturated rings. The van der Waals surface area contributed by atoms with Gasteiger partial charge in [-0.15, -0.1) is 0 Å². The van der Waals surface area contributed by atoms with E-state index < -0.39 is 0 Å². The molecule has 0 bridgehead atoms. The Morgan fingerprint density at radius 1 is 1.38 bits per heavy atom. The van der Waals surface area contributed by atoms with Crippen LogP contribution in [0.5, 0.6) is 0 Å². The molecule has 0 aliphatic carbocycles. The molecule has 16 heavy (non-hydrogen) atoms. The number of hydrogen-bond acceptors (Lipinski definition) is 1. The molecular formula is C13H15BrN2. The Balaban J connectivity index is 2.45. The van der Waals surface area contributed by atoms with Crippen LogP contribution in [0.2, 0.25) is 0 Å². The summed E-state index contributed by atoms with van der Waals surface area (Å²) >= 11 is 3.49. The lowest BCUT2D eigenvalue weighted by Crippen LogP contribution is -2.00. The van der Waals surface area contributed by atoms with Crippen LogP contribution in [0, 0.1) is 6.92 Å². The van der Waals surface area contributed by atoms with Gasteiger partial charge in [-0.25, -0.2) is 4.98 Å². The molecule has 3 heteroatoms. The van der Waals surface area contributed by atoms with Crippen molar-refractivity contribution in [1.29, 1.82) is 0 Å². The van der Waals surface area contributed by atoms with Crippen LogP contribution in [0.25, 0.3) is 5.69 Å². The zero-order valence-corrected chi connectivity index (χ0v) is 11.2. The Morgan fingerprint density at radius 2 is 2.19 bits per heavy atom. The van der Waals surface area contributed by atoms with Crippen molar-refractivity contribution < 1.29 is 0 Å². The average molecular weight is 279 g/mol. The maximum absolute atomic E-state index is 4.34. The fraction of sp³-hybridized carbons (Fsp3) is 0.308. The van der Waals surface area contributed by atoms with E-state index in [2.05, 4.69) is 57.5 Å². The van der Waals surface area contributed by atoms with E-state index >= 15 is 0 Å². The highest BCUT2D eigenvalue weighted by Crippen LogP contribution is 2.18. The Kier molecular flexibility index (Phi) is 3.44. The van der Waals surface area contributed by atoms with E-state index in [0.29, 0.717) is 0 Å². The Morgan fingerprint density at radius 3 is 2.81 bits per heavy atom. The van der Waals surface area contributed by atoms with Crippen LogP contribution >= 0.6 is 15.9 Å². The van der Waals surface area contributed by atoms with Crippen molar-refractivity contribution in [2.24, 2.45) is 0 Å². The second-order valence-corrected chi connectivity index (χ2v) is 4.37. The lowest BCUT2D eigenvalue weighted by Gasteiger charge is -2.09. The summed E-state index contributed by atoms with van der Waals surface area (Å²) in [4.78, 5) is 4.34. The molecule has 0 radical (unpaired) electrons. The fourth-order valence-electron chi connectivity index (χ4n) is 1.81. The molecule has 2 aromatic rings. The fourth-order valence-corrected chi connectivity index (χ4v) is 2.44. The summed E-state index contributed by atoms with van der Waals surface area (Å²) in [6.45, 7) is 4.27. The van der Waals surface area contributed by atoms with E-state index in [1.165, 1.54) is 16.8 Å². The van der Waals surface area contributed by atoms with Gasteiger partial charge in [-0.3, -0.25) is 0 Å². The predicted molar refractivity (Wildman–Crippen MR) is 70.3 cm³/mol. The summed E-state index contributed by atoms with van der Waals surface area (Å²) in [5.74, 6) is 1.10. The number of imidazole rings is 1. The maximum atomic E-state index is 4.34. The molecule has 84 valence electrons. The minimum absolute atomic E-state index is 0.906. The minimum atomic E-state index is 0.906. The van der Waals surface area contributed by atoms with E-state index in [0.717, 1.165) is 17.6 Å². The highest BCUT2D eigenvalue weighted by atomic mass is 79.9. The largest absolute Gasteiger partial charge is 0.304 e. The van der Waals surface area contributed by atoms with E-state index in [9.17, 15) is 0 Å². The third-order valence-corrected chi connectivity index (χ3v) is 3.39. The van der Waals surface area contributed by atoms with Crippen molar-refractivity contribution in [3.63, 3.8) is 0 Å². The lowest BCUT2D eigenvalue weighted by atomic mass is 10.1. The van der Waals surface area contributed by atoms with Crippen LogP contribution in [-0.2, 0) is 11.8 Å². The van der Waals surface area contributed by atoms with Gasteiger partial charge in [0, 0.05) is 29.8 Å². The molecule has 0 unspecified atom stereocenters. The maximum Gasteiger partial charge on any atom is 0.112 e. The van der Waals surface area contributed by atoms with Crippen LogP contribution in [0.15, 0.2) is 30.6 Å². The minimum Gasteiger partial charge on any atom is -0.304 e. The quantitative estimate of drug-likeness (QED) is 0.784. The molecular weight excluding hydrogens is 264 g/mol. The van der Waals surface area contributed by atoms with Crippen molar-refractivity contribution in [3.8, 4) is 5.69 Å². The lowest BCUT2D eigenvalue weighted by molar-refractivity contribution is 0.890. The second-order valence-electron chi connectivity index (χ2n) is 3.81. The third kappa shape index (κ3) is 2.05. The number of alkyl halides is 1. The second kappa shape index (κ2) is 4.83. The van der Waals surface area contributed by atoms with Crippen molar-refractivity contribution in [1.82, 2.24) is 9.55 Å². The molecule has 0 N–H and O–H groups in total. The number of aromatic nitrogens is 2. The van der Waals surface area contributed by atoms with Gasteiger partial charge in [0.25, 0.3) is 0 Å². The normalized spacial score (nSPS) is 10.7. The molecule has 0 spiro atoms. The molecule has 1 heterocycles. The first-order valence-corrected chi connectivity index (χ1v) is 6.56. The highest BCUT2D eigenvalue weighted by molar-refractivity contribution is 9.08. The number of aryl methyl sites for hydroxylation is 2. The standard InChI is InChI=1S/C13H15BrN2/c1-3-13-15-6-7-16(13)12-5-4-11(9-14)10(2)8-12/h4-8H,3,9H2,1-2H3. The first-order chi connectivity index (χ1) is 7.76. The third-order valence-electron chi connectivity index (χ3n) is 2.78. The van der Waals surface area contributed by atoms with E-state index in [1.54, 1.807) is 0 Å². The SMILES string of the molecule is CCc1nccn1-c1ccc(CBr)c(C)c1. The van der Waals surface area contributed by atoms with Gasteiger partial charge in [0.15, 0.2) is 0 Å². The van der Waals surface area contributed by atoms with Crippen LogP contribution in [0.1, 0.15) is 23.9 Å². The molecule has 2 rings (SSSR count). The van der Waals surface area contributed by atoms with Gasteiger partial charge in [0.2, 0.25) is 0 Å². The first kappa shape index (κ1) is 11.4. The number of rotatable bonds is 3. The molecule has 0 amide bonds. The number of benzene rings is 1. The van der Waals surface area contributed by atoms with Gasteiger partial charge in [0.1, 0.15) is 5.82 Å². The molecule has 0 atom stereocenters. The average Bonchev–Trinajstić information content (AvgIpc) is 2.77. The topological polar surface area (TPSA) is 17.8 Å². The van der Waals surface area contributed by atoms with Crippen molar-refractivity contribution in [3.05, 3.63) is 47.5 Å². The van der Waals surface area contributed by atoms with Crippen LogP contribution in [-0.4, -0.2) is 9.55 Å². The summed E-state index contributed by atoms with van der Waals surface area (Å²) in [6.07, 6.45) is 4.82. The molecule has 2 nitrogen and oxygen atoms in total. The van der Waals surface area contributed by atoms with E-state index in [-0.39, 0.29) is 0 Å². The van der Waals surface area contributed by atoms with Gasteiger partial charge in [-0.05, 0) is 30.2 Å². The summed E-state index contributed by atoms with van der Waals surface area (Å²) in [6, 6.07) is 6.51. The summed E-state index contributed by atoms with van der Waals surface area (Å²) < 4.78 is 2.14. The smallest absolute Gasteiger partial charge is 0.112 e. The van der Waals surface area contributed by atoms with E-state index in [1.807, 2.05) is 12.4 Å². The number of nitrogens with zero attached hydrogens (tertiary/aromatic N) is 2. The van der Waals surface area contributed by atoms with Gasteiger partial charge in [-0.2, -0.15) is 0 Å². The molecule has 0 saturated heterocycles. The molecule has 0 aliphatic heterocycles. The van der Waals surface area contributed by atoms with Crippen LogP contribution in [0.4, 0.5) is 0 Å². The molecule has 1 aromatic heterocycles. The van der Waals surface area contributed by atoms with Crippen LogP contribution < -0.4 is 0 Å². The van der Waals surface area contributed by atoms with Crippen molar-refractivity contribution in [2.45, 2.75) is 25.6 Å². The summed E-state index contributed by atoms with van der Waals surface area (Å²) in [7, 11) is 0. The summed E-state index contributed by atoms with van der Waals surface area (Å²) in [5, 5.41) is 0.906. The first-order valence-electron chi connectivity index (χ1n) is 5.44. The van der Waals surface area contributed by atoms with Crippen molar-refractivity contribution >= 4 is 15.9 Å². The van der Waals surface area contributed by atoms with E-state index in [4.69, 9.17) is 0 Å². The van der Waals surface area contributed by atoms with Gasteiger partial charge >= 0.3 is 0 Å². The van der Waals surface area contributed by atoms with Crippen LogP contribution in [0.3, 0.4) is 0 Å². The van der Waals surface area contributed by atoms with Gasteiger partial charge in [0.05, 0.1) is 0 Å². The molecule has 0 saturated carbocycles. The molecule has 0 aliphatic rings. The zero-order valence-electron chi connectivity index (χ0n) is 9.57. The number of halogens is 1. The number of hydrogen-bond donors (Lipinski definition) is 0. The highest BCUT2D eigenvalue weighted by Gasteiger charge is 2.04. The Hall–Kier alpha value is -1.09. The van der Waals surface area contributed by atoms with Gasteiger partial charge < -0.3 is 4.57 Å². The monoisotopic (exact) mass is 278 g/mol. The van der Waals surface area contributed by atoms with Crippen molar-refractivity contribution in [2.75, 3.05) is 0 Å².